The highest BCUT2D eigenvalue weighted by atomic mass is 32.2. The fourth-order valence-corrected chi connectivity index (χ4v) is 4.97. The Morgan fingerprint density at radius 3 is 2.26 bits per heavy atom. The molecule has 1 N–H and O–H groups in total. The molecule has 0 aliphatic carbocycles. The van der Waals surface area contributed by atoms with E-state index in [0.717, 1.165) is 16.1 Å². The second kappa shape index (κ2) is 13.2. The highest BCUT2D eigenvalue weighted by Crippen LogP contribution is 2.24. The first-order chi connectivity index (χ1) is 18.5. The molecule has 0 aromatic heterocycles. The molecule has 0 bridgehead atoms. The molecular formula is C29H34FN3O5S. The zero-order chi connectivity index (χ0) is 28.6. The van der Waals surface area contributed by atoms with Crippen molar-refractivity contribution in [2.24, 2.45) is 0 Å². The Bertz CT molecular complexity index is 1380. The highest BCUT2D eigenvalue weighted by molar-refractivity contribution is 7.92. The first-order valence-corrected chi connectivity index (χ1v) is 14.3. The molecule has 0 saturated heterocycles. The van der Waals surface area contributed by atoms with Crippen LogP contribution in [0.2, 0.25) is 0 Å². The topological polar surface area (TPSA) is 96.0 Å². The lowest BCUT2D eigenvalue weighted by Gasteiger charge is -2.34. The first kappa shape index (κ1) is 29.6. The molecule has 10 heteroatoms. The summed E-state index contributed by atoms with van der Waals surface area (Å²) in [6.45, 7) is 2.77. The van der Waals surface area contributed by atoms with Gasteiger partial charge in [-0.05, 0) is 37.6 Å². The fourth-order valence-electron chi connectivity index (χ4n) is 4.12. The molecule has 0 aliphatic heterocycles. The molecule has 3 aromatic rings. The number of sulfonamides is 1. The molecule has 1 unspecified atom stereocenters. The summed E-state index contributed by atoms with van der Waals surface area (Å²) in [5, 5.41) is 2.85. The second-order valence-corrected chi connectivity index (χ2v) is 11.4. The lowest BCUT2D eigenvalue weighted by molar-refractivity contribution is -0.140. The zero-order valence-electron chi connectivity index (χ0n) is 22.5. The Morgan fingerprint density at radius 1 is 0.974 bits per heavy atom. The summed E-state index contributed by atoms with van der Waals surface area (Å²) in [5.74, 6) is -1.21. The number of methoxy groups -OCH3 is 1. The van der Waals surface area contributed by atoms with Crippen molar-refractivity contribution in [3.63, 3.8) is 0 Å². The van der Waals surface area contributed by atoms with E-state index in [1.165, 1.54) is 36.3 Å². The van der Waals surface area contributed by atoms with Crippen LogP contribution in [0.1, 0.15) is 25.0 Å². The van der Waals surface area contributed by atoms with E-state index in [1.807, 2.05) is 30.3 Å². The number of anilines is 1. The van der Waals surface area contributed by atoms with Crippen LogP contribution >= 0.6 is 0 Å². The smallest absolute Gasteiger partial charge is 0.244 e. The van der Waals surface area contributed by atoms with Crippen LogP contribution in [0.4, 0.5) is 10.1 Å². The molecule has 0 aliphatic rings. The molecule has 0 saturated carbocycles. The van der Waals surface area contributed by atoms with E-state index in [1.54, 1.807) is 38.1 Å². The van der Waals surface area contributed by atoms with Gasteiger partial charge in [-0.2, -0.15) is 0 Å². The van der Waals surface area contributed by atoms with Crippen molar-refractivity contribution in [3.8, 4) is 5.75 Å². The fraction of sp³-hybridized carbons (Fsp3) is 0.310. The largest absolute Gasteiger partial charge is 0.497 e. The molecule has 3 rings (SSSR count). The Morgan fingerprint density at radius 2 is 1.64 bits per heavy atom. The number of amides is 2. The Labute approximate surface area is 229 Å². The molecule has 8 nitrogen and oxygen atoms in total. The molecule has 39 heavy (non-hydrogen) atoms. The van der Waals surface area contributed by atoms with Gasteiger partial charge in [-0.25, -0.2) is 12.8 Å². The quantitative estimate of drug-likeness (QED) is 0.367. The number of carbonyl (C=O) groups excluding carboxylic acids is 2. The van der Waals surface area contributed by atoms with Crippen LogP contribution in [-0.4, -0.2) is 57.1 Å². The van der Waals surface area contributed by atoms with Crippen LogP contribution in [0.25, 0.3) is 0 Å². The summed E-state index contributed by atoms with van der Waals surface area (Å²) < 4.78 is 46.6. The van der Waals surface area contributed by atoms with Gasteiger partial charge >= 0.3 is 0 Å². The van der Waals surface area contributed by atoms with Crippen molar-refractivity contribution < 1.29 is 27.1 Å². The summed E-state index contributed by atoms with van der Waals surface area (Å²) in [6, 6.07) is 20.2. The van der Waals surface area contributed by atoms with Crippen LogP contribution in [0.5, 0.6) is 5.75 Å². The molecule has 3 aromatic carbocycles. The summed E-state index contributed by atoms with van der Waals surface area (Å²) in [7, 11) is -2.47. The van der Waals surface area contributed by atoms with Gasteiger partial charge < -0.3 is 15.0 Å². The summed E-state index contributed by atoms with van der Waals surface area (Å²) >= 11 is 0. The van der Waals surface area contributed by atoms with E-state index in [2.05, 4.69) is 5.32 Å². The van der Waals surface area contributed by atoms with Crippen molar-refractivity contribution >= 4 is 27.5 Å². The normalized spacial score (nSPS) is 12.1. The van der Waals surface area contributed by atoms with E-state index in [-0.39, 0.29) is 30.3 Å². The number of hydrogen-bond acceptors (Lipinski definition) is 5. The van der Waals surface area contributed by atoms with Gasteiger partial charge in [0.2, 0.25) is 21.8 Å². The molecular weight excluding hydrogens is 521 g/mol. The minimum absolute atomic E-state index is 0.150. The number of halogens is 1. The second-order valence-electron chi connectivity index (χ2n) is 9.45. The van der Waals surface area contributed by atoms with Gasteiger partial charge in [0, 0.05) is 30.6 Å². The third-order valence-corrected chi connectivity index (χ3v) is 7.16. The minimum Gasteiger partial charge on any atom is -0.497 e. The number of hydrogen-bond donors (Lipinski definition) is 1. The third kappa shape index (κ3) is 8.28. The van der Waals surface area contributed by atoms with Crippen LogP contribution in [-0.2, 0) is 32.6 Å². The van der Waals surface area contributed by atoms with Crippen molar-refractivity contribution in [3.05, 3.63) is 95.8 Å². The van der Waals surface area contributed by atoms with Crippen LogP contribution in [0.3, 0.4) is 0 Å². The van der Waals surface area contributed by atoms with Gasteiger partial charge in [-0.3, -0.25) is 13.9 Å². The summed E-state index contributed by atoms with van der Waals surface area (Å²) in [4.78, 5) is 28.7. The van der Waals surface area contributed by atoms with Gasteiger partial charge in [0.05, 0.1) is 19.1 Å². The maximum atomic E-state index is 14.8. The third-order valence-electron chi connectivity index (χ3n) is 6.02. The predicted molar refractivity (Wildman–Crippen MR) is 149 cm³/mol. The van der Waals surface area contributed by atoms with Crippen molar-refractivity contribution in [1.82, 2.24) is 10.2 Å². The molecule has 0 spiro atoms. The number of nitrogens with zero attached hydrogens (tertiary/aromatic N) is 2. The van der Waals surface area contributed by atoms with E-state index < -0.39 is 40.2 Å². The van der Waals surface area contributed by atoms with Crippen LogP contribution in [0.15, 0.2) is 78.9 Å². The van der Waals surface area contributed by atoms with E-state index in [9.17, 15) is 22.4 Å². The average Bonchev–Trinajstić information content (AvgIpc) is 2.89. The summed E-state index contributed by atoms with van der Waals surface area (Å²) in [5.41, 5.74) is 1.22. The zero-order valence-corrected chi connectivity index (χ0v) is 23.3. The van der Waals surface area contributed by atoms with Gasteiger partial charge in [-0.1, -0.05) is 54.6 Å². The number of carbonyl (C=O) groups is 2. The first-order valence-electron chi connectivity index (χ1n) is 12.5. The van der Waals surface area contributed by atoms with E-state index in [0.29, 0.717) is 5.75 Å². The minimum atomic E-state index is -3.92. The highest BCUT2D eigenvalue weighted by Gasteiger charge is 2.33. The SMILES string of the molecule is COc1cccc(N(CC(=O)N(Cc2ccccc2F)C(Cc2ccccc2)C(=O)NC(C)C)S(C)(=O)=O)c1. The van der Waals surface area contributed by atoms with Crippen molar-refractivity contribution in [2.75, 3.05) is 24.2 Å². The predicted octanol–water partition coefficient (Wildman–Crippen LogP) is 3.77. The summed E-state index contributed by atoms with van der Waals surface area (Å²) in [6.07, 6.45) is 1.14. The molecule has 0 fully saturated rings. The van der Waals surface area contributed by atoms with Gasteiger partial charge in [0.1, 0.15) is 24.2 Å². The van der Waals surface area contributed by atoms with E-state index >= 15 is 0 Å². The molecule has 2 amide bonds. The van der Waals surface area contributed by atoms with Gasteiger partial charge in [0.15, 0.2) is 0 Å². The van der Waals surface area contributed by atoms with Crippen molar-refractivity contribution in [2.45, 2.75) is 38.9 Å². The number of ether oxygens (including phenoxy) is 1. The lowest BCUT2D eigenvalue weighted by atomic mass is 10.0. The Hall–Kier alpha value is -3.92. The van der Waals surface area contributed by atoms with Gasteiger partial charge in [0.25, 0.3) is 0 Å². The Kier molecular flexibility index (Phi) is 10.1. The molecule has 1 atom stereocenters. The van der Waals surface area contributed by atoms with Crippen molar-refractivity contribution in [1.29, 1.82) is 0 Å². The lowest BCUT2D eigenvalue weighted by Crippen LogP contribution is -2.54. The number of rotatable bonds is 12. The Balaban J connectivity index is 2.07. The van der Waals surface area contributed by atoms with Crippen LogP contribution < -0.4 is 14.4 Å². The maximum Gasteiger partial charge on any atom is 0.244 e. The monoisotopic (exact) mass is 555 g/mol. The van der Waals surface area contributed by atoms with E-state index in [4.69, 9.17) is 4.74 Å². The number of benzene rings is 3. The molecule has 0 radical (unpaired) electrons. The molecule has 0 heterocycles. The standard InChI is InChI=1S/C29H34FN3O5S/c1-21(2)31-29(35)27(17-22-11-6-5-7-12-22)32(19-23-13-8-9-16-26(23)30)28(34)20-33(39(4,36)37)24-14-10-15-25(18-24)38-3/h5-16,18,21,27H,17,19-20H2,1-4H3,(H,31,35). The molecule has 208 valence electrons. The van der Waals surface area contributed by atoms with Crippen LogP contribution in [0, 0.1) is 5.82 Å². The number of nitrogens with one attached hydrogen (secondary N) is 1. The maximum absolute atomic E-state index is 14.8. The van der Waals surface area contributed by atoms with Gasteiger partial charge in [-0.15, -0.1) is 0 Å². The average molecular weight is 556 g/mol.